The van der Waals surface area contributed by atoms with Gasteiger partial charge in [0.1, 0.15) is 5.75 Å². The van der Waals surface area contributed by atoms with Gasteiger partial charge in [-0.2, -0.15) is 0 Å². The summed E-state index contributed by atoms with van der Waals surface area (Å²) in [6.45, 7) is 3.06. The maximum absolute atomic E-state index is 13.2. The zero-order chi connectivity index (χ0) is 20.5. The van der Waals surface area contributed by atoms with E-state index in [9.17, 15) is 9.90 Å². The number of carbonyl (C=O) groups excluding carboxylic acids is 1. The van der Waals surface area contributed by atoms with Crippen LogP contribution in [0.5, 0.6) is 17.2 Å². The van der Waals surface area contributed by atoms with Gasteiger partial charge in [-0.1, -0.05) is 24.3 Å². The third-order valence-electron chi connectivity index (χ3n) is 6.14. The van der Waals surface area contributed by atoms with Gasteiger partial charge in [-0.3, -0.25) is 4.79 Å². The normalized spacial score (nSPS) is 18.6. The maximum Gasteiger partial charge on any atom is 0.231 e. The average molecular weight is 403 g/mol. The van der Waals surface area contributed by atoms with Crippen molar-refractivity contribution in [2.24, 2.45) is 5.92 Å². The first-order valence-corrected chi connectivity index (χ1v) is 10.5. The zero-order valence-electron chi connectivity index (χ0n) is 16.8. The third kappa shape index (κ3) is 3.85. The minimum absolute atomic E-state index is 0.0325. The summed E-state index contributed by atoms with van der Waals surface area (Å²) in [7, 11) is 0. The highest BCUT2D eigenvalue weighted by Crippen LogP contribution is 2.33. The van der Waals surface area contributed by atoms with Crippen LogP contribution in [-0.2, 0) is 6.42 Å². The maximum atomic E-state index is 13.2. The third-order valence-corrected chi connectivity index (χ3v) is 6.14. The second-order valence-electron chi connectivity index (χ2n) is 8.19. The lowest BCUT2D eigenvalue weighted by atomic mass is 9.89. The van der Waals surface area contributed by atoms with Gasteiger partial charge in [0.15, 0.2) is 17.3 Å². The SMILES string of the molecule is O=C(c1ccc2cc(O)ccc2c1)C1CCCN(CCc2ccc3c(c2)OCO3)C1. The second-order valence-corrected chi connectivity index (χ2v) is 8.19. The largest absolute Gasteiger partial charge is 0.508 e. The Labute approximate surface area is 175 Å². The molecule has 0 aromatic heterocycles. The first-order valence-electron chi connectivity index (χ1n) is 10.5. The summed E-state index contributed by atoms with van der Waals surface area (Å²) in [5.41, 5.74) is 1.99. The Morgan fingerprint density at radius 2 is 1.83 bits per heavy atom. The molecule has 5 rings (SSSR count). The Morgan fingerprint density at radius 1 is 1.00 bits per heavy atom. The molecular weight excluding hydrogens is 378 g/mol. The Balaban J connectivity index is 1.23. The molecule has 1 atom stereocenters. The number of phenols is 1. The van der Waals surface area contributed by atoms with Crippen LogP contribution in [0, 0.1) is 5.92 Å². The van der Waals surface area contributed by atoms with Crippen molar-refractivity contribution in [1.82, 2.24) is 4.90 Å². The molecular formula is C25H25NO4. The molecule has 0 radical (unpaired) electrons. The van der Waals surface area contributed by atoms with Gasteiger partial charge in [-0.25, -0.2) is 0 Å². The molecule has 0 amide bonds. The van der Waals surface area contributed by atoms with Crippen molar-refractivity contribution in [1.29, 1.82) is 0 Å². The lowest BCUT2D eigenvalue weighted by Gasteiger charge is -2.32. The van der Waals surface area contributed by atoms with Gasteiger partial charge in [0.2, 0.25) is 6.79 Å². The number of aromatic hydroxyl groups is 1. The molecule has 0 aliphatic carbocycles. The lowest BCUT2D eigenvalue weighted by molar-refractivity contribution is 0.0821. The van der Waals surface area contributed by atoms with Crippen molar-refractivity contribution in [2.75, 3.05) is 26.4 Å². The van der Waals surface area contributed by atoms with E-state index in [0.29, 0.717) is 6.79 Å². The van der Waals surface area contributed by atoms with Gasteiger partial charge in [0.05, 0.1) is 0 Å². The average Bonchev–Trinajstić information content (AvgIpc) is 3.25. The van der Waals surface area contributed by atoms with Crippen molar-refractivity contribution in [2.45, 2.75) is 19.3 Å². The highest BCUT2D eigenvalue weighted by atomic mass is 16.7. The Kier molecular flexibility index (Phi) is 5.05. The number of ether oxygens (including phenoxy) is 2. The molecule has 0 saturated carbocycles. The highest BCUT2D eigenvalue weighted by Gasteiger charge is 2.26. The number of hydrogen-bond donors (Lipinski definition) is 1. The van der Waals surface area contributed by atoms with Crippen molar-refractivity contribution >= 4 is 16.6 Å². The molecule has 2 heterocycles. The number of nitrogens with zero attached hydrogens (tertiary/aromatic N) is 1. The fourth-order valence-corrected chi connectivity index (χ4v) is 4.48. The molecule has 2 aliphatic rings. The van der Waals surface area contributed by atoms with E-state index in [-0.39, 0.29) is 17.5 Å². The van der Waals surface area contributed by atoms with Gasteiger partial charge in [-0.15, -0.1) is 0 Å². The Hall–Kier alpha value is -3.05. The van der Waals surface area contributed by atoms with Gasteiger partial charge in [-0.05, 0) is 72.5 Å². The number of piperidine rings is 1. The van der Waals surface area contributed by atoms with Crippen LogP contribution in [0.4, 0.5) is 0 Å². The van der Waals surface area contributed by atoms with Crippen molar-refractivity contribution < 1.29 is 19.4 Å². The topological polar surface area (TPSA) is 59.0 Å². The van der Waals surface area contributed by atoms with Crippen molar-refractivity contribution in [3.63, 3.8) is 0 Å². The van der Waals surface area contributed by atoms with Crippen LogP contribution < -0.4 is 9.47 Å². The Bertz CT molecular complexity index is 1090. The lowest BCUT2D eigenvalue weighted by Crippen LogP contribution is -2.39. The number of hydrogen-bond acceptors (Lipinski definition) is 5. The number of ketones is 1. The zero-order valence-corrected chi connectivity index (χ0v) is 16.8. The number of carbonyl (C=O) groups is 1. The highest BCUT2D eigenvalue weighted by molar-refractivity contribution is 6.01. The van der Waals surface area contributed by atoms with Crippen molar-refractivity contribution in [3.05, 3.63) is 65.7 Å². The summed E-state index contributed by atoms with van der Waals surface area (Å²) >= 11 is 0. The molecule has 154 valence electrons. The van der Waals surface area contributed by atoms with E-state index in [1.165, 1.54) is 5.56 Å². The summed E-state index contributed by atoms with van der Waals surface area (Å²) in [5.74, 6) is 2.13. The smallest absolute Gasteiger partial charge is 0.231 e. The molecule has 0 spiro atoms. The first-order chi connectivity index (χ1) is 14.7. The standard InChI is InChI=1S/C25H25NO4/c27-22-7-6-18-13-20(5-4-19(18)14-22)25(28)21-2-1-10-26(15-21)11-9-17-3-8-23-24(12-17)30-16-29-23/h3-8,12-14,21,27H,1-2,9-11,15-16H2. The van der Waals surface area contributed by atoms with E-state index in [2.05, 4.69) is 17.0 Å². The van der Waals surface area contributed by atoms with E-state index in [1.54, 1.807) is 12.1 Å². The van der Waals surface area contributed by atoms with E-state index in [0.717, 1.165) is 66.7 Å². The van der Waals surface area contributed by atoms with E-state index >= 15 is 0 Å². The van der Waals surface area contributed by atoms with Crippen LogP contribution in [-0.4, -0.2) is 42.2 Å². The van der Waals surface area contributed by atoms with Crippen LogP contribution in [0.2, 0.25) is 0 Å². The summed E-state index contributed by atoms with van der Waals surface area (Å²) in [6.07, 6.45) is 2.91. The monoisotopic (exact) mass is 403 g/mol. The predicted octanol–water partition coefficient (Wildman–Crippen LogP) is 4.41. The van der Waals surface area contributed by atoms with E-state index in [1.807, 2.05) is 30.3 Å². The fourth-order valence-electron chi connectivity index (χ4n) is 4.48. The number of likely N-dealkylation sites (tertiary alicyclic amines) is 1. The summed E-state index contributed by atoms with van der Waals surface area (Å²) in [5, 5.41) is 11.6. The predicted molar refractivity (Wildman–Crippen MR) is 115 cm³/mol. The number of phenolic OH excluding ortho intramolecular Hbond substituents is 1. The van der Waals surface area contributed by atoms with Crippen LogP contribution in [0.3, 0.4) is 0 Å². The molecule has 3 aromatic carbocycles. The minimum atomic E-state index is 0.0325. The molecule has 2 aliphatic heterocycles. The Morgan fingerprint density at radius 3 is 2.77 bits per heavy atom. The molecule has 1 fully saturated rings. The van der Waals surface area contributed by atoms with Gasteiger partial charge >= 0.3 is 0 Å². The quantitative estimate of drug-likeness (QED) is 0.640. The van der Waals surface area contributed by atoms with E-state index < -0.39 is 0 Å². The molecule has 1 N–H and O–H groups in total. The molecule has 5 nitrogen and oxygen atoms in total. The molecule has 1 saturated heterocycles. The van der Waals surface area contributed by atoms with Gasteiger partial charge < -0.3 is 19.5 Å². The van der Waals surface area contributed by atoms with Crippen LogP contribution in [0.15, 0.2) is 54.6 Å². The summed E-state index contributed by atoms with van der Waals surface area (Å²) in [6, 6.07) is 17.1. The fraction of sp³-hybridized carbons (Fsp3) is 0.320. The second kappa shape index (κ2) is 8.00. The molecule has 5 heteroatoms. The molecule has 3 aromatic rings. The van der Waals surface area contributed by atoms with Crippen LogP contribution in [0.25, 0.3) is 10.8 Å². The molecule has 1 unspecified atom stereocenters. The summed E-state index contributed by atoms with van der Waals surface area (Å²) in [4.78, 5) is 15.6. The minimum Gasteiger partial charge on any atom is -0.508 e. The van der Waals surface area contributed by atoms with Gasteiger partial charge in [0.25, 0.3) is 0 Å². The molecule has 0 bridgehead atoms. The number of fused-ring (bicyclic) bond motifs is 2. The number of benzene rings is 3. The van der Waals surface area contributed by atoms with Crippen LogP contribution >= 0.6 is 0 Å². The summed E-state index contributed by atoms with van der Waals surface area (Å²) < 4.78 is 10.9. The first kappa shape index (κ1) is 18.9. The van der Waals surface area contributed by atoms with Crippen LogP contribution in [0.1, 0.15) is 28.8 Å². The van der Waals surface area contributed by atoms with Gasteiger partial charge in [0, 0.05) is 24.6 Å². The molecule has 30 heavy (non-hydrogen) atoms. The van der Waals surface area contributed by atoms with E-state index in [4.69, 9.17) is 9.47 Å². The van der Waals surface area contributed by atoms with Crippen molar-refractivity contribution in [3.8, 4) is 17.2 Å². The number of rotatable bonds is 5. The number of Topliss-reactive ketones (excluding diaryl/α,β-unsaturated/α-hetero) is 1.